The molecule has 23 heavy (non-hydrogen) atoms. The summed E-state index contributed by atoms with van der Waals surface area (Å²) < 4.78 is 0. The van der Waals surface area contributed by atoms with Crippen molar-refractivity contribution < 1.29 is 0 Å². The molecule has 4 aliphatic carbocycles. The molecule has 0 saturated heterocycles. The first-order chi connectivity index (χ1) is 11.0. The summed E-state index contributed by atoms with van der Waals surface area (Å²) in [6.07, 6.45) is 16.0. The molecule has 0 aliphatic heterocycles. The third-order valence-corrected chi connectivity index (χ3v) is 18.2. The number of hydrogen-bond donors (Lipinski definition) is 0. The number of rotatable bonds is 2. The van der Waals surface area contributed by atoms with E-state index in [1.165, 1.54) is 12.8 Å². The van der Waals surface area contributed by atoms with Crippen molar-refractivity contribution in [1.29, 1.82) is 0 Å². The summed E-state index contributed by atoms with van der Waals surface area (Å²) in [7, 11) is 14.6. The van der Waals surface area contributed by atoms with Gasteiger partial charge in [0, 0.05) is 0 Å². The first-order valence-corrected chi connectivity index (χ1v) is 16.1. The Labute approximate surface area is 160 Å². The van der Waals surface area contributed by atoms with Gasteiger partial charge in [0.15, 0.2) is 0 Å². The van der Waals surface area contributed by atoms with Crippen molar-refractivity contribution in [2.75, 3.05) is 0 Å². The molecule has 2 fully saturated rings. The van der Waals surface area contributed by atoms with Gasteiger partial charge in [0.1, 0.15) is 0 Å². The normalized spacial score (nSPS) is 49.9. The third-order valence-electron chi connectivity index (χ3n) is 6.33. The maximum absolute atomic E-state index is 7.28. The first kappa shape index (κ1) is 17.6. The van der Waals surface area contributed by atoms with Gasteiger partial charge in [0.2, 0.25) is 0 Å². The van der Waals surface area contributed by atoms with E-state index in [2.05, 4.69) is 24.3 Å². The molecule has 8 unspecified atom stereocenters. The fourth-order valence-corrected chi connectivity index (χ4v) is 20.7. The minimum absolute atomic E-state index is 0.124. The molecule has 0 nitrogen and oxygen atoms in total. The molecule has 0 heterocycles. The van der Waals surface area contributed by atoms with Crippen LogP contribution < -0.4 is 0 Å². The second-order valence-electron chi connectivity index (χ2n) is 7.82. The molecular formula is C18H24Cl4Se. The average Bonchev–Trinajstić information content (AvgIpc) is 2.45. The molecule has 0 spiro atoms. The van der Waals surface area contributed by atoms with Gasteiger partial charge in [-0.2, -0.15) is 0 Å². The number of halogens is 4. The summed E-state index contributed by atoms with van der Waals surface area (Å²) in [5, 5.41) is 0.249. The van der Waals surface area contributed by atoms with E-state index in [0.717, 1.165) is 25.7 Å². The van der Waals surface area contributed by atoms with Crippen molar-refractivity contribution in [2.24, 2.45) is 23.7 Å². The SMILES string of the molecule is ClC1CC2C=CCC(C2)C1[Se](Cl)(Cl)C1C(Cl)CC2C=CCC1C2. The fraction of sp³-hybridized carbons (Fsp3) is 0.778. The van der Waals surface area contributed by atoms with Crippen LogP contribution in [-0.4, -0.2) is 21.8 Å². The van der Waals surface area contributed by atoms with Crippen molar-refractivity contribution in [2.45, 2.75) is 58.9 Å². The Morgan fingerprint density at radius 3 is 1.57 bits per heavy atom. The van der Waals surface area contributed by atoms with E-state index in [1.807, 2.05) is 0 Å². The molecule has 0 radical (unpaired) electrons. The van der Waals surface area contributed by atoms with Crippen LogP contribution >= 0.6 is 43.4 Å². The molecule has 0 amide bonds. The van der Waals surface area contributed by atoms with Gasteiger partial charge in [-0.3, -0.25) is 0 Å². The topological polar surface area (TPSA) is 0 Å². The molecule has 0 N–H and O–H groups in total. The Morgan fingerprint density at radius 1 is 0.696 bits per heavy atom. The van der Waals surface area contributed by atoms with E-state index >= 15 is 0 Å². The zero-order chi connectivity index (χ0) is 16.2. The Morgan fingerprint density at radius 2 is 1.13 bits per heavy atom. The van der Waals surface area contributed by atoms with Crippen LogP contribution in [0.2, 0.25) is 9.63 Å². The predicted octanol–water partition coefficient (Wildman–Crippen LogP) is 6.83. The molecule has 0 aromatic carbocycles. The van der Waals surface area contributed by atoms with Gasteiger partial charge in [0.05, 0.1) is 0 Å². The zero-order valence-electron chi connectivity index (χ0n) is 13.1. The van der Waals surface area contributed by atoms with Gasteiger partial charge in [-0.1, -0.05) is 0 Å². The summed E-state index contributed by atoms with van der Waals surface area (Å²) in [4.78, 5) is 0.595. The molecule has 4 bridgehead atoms. The Kier molecular flexibility index (Phi) is 5.13. The van der Waals surface area contributed by atoms with E-state index in [-0.39, 0.29) is 10.8 Å². The van der Waals surface area contributed by atoms with E-state index in [4.69, 9.17) is 43.4 Å². The van der Waals surface area contributed by atoms with Crippen LogP contribution in [0.1, 0.15) is 38.5 Å². The Bertz CT molecular complexity index is 473. The number of alkyl halides is 2. The summed E-state index contributed by atoms with van der Waals surface area (Å²) >= 11 is 10.9. The number of hydrogen-bond acceptors (Lipinski definition) is 0. The first-order valence-electron chi connectivity index (χ1n) is 8.78. The van der Waals surface area contributed by atoms with Crippen molar-refractivity contribution in [1.82, 2.24) is 0 Å². The van der Waals surface area contributed by atoms with Crippen LogP contribution in [0.4, 0.5) is 0 Å². The Hall–Kier alpha value is 1.16. The second kappa shape index (κ2) is 6.71. The molecule has 0 aromatic heterocycles. The summed E-state index contributed by atoms with van der Waals surface area (Å²) in [6.45, 7) is 0. The molecular weight excluding hydrogens is 437 g/mol. The van der Waals surface area contributed by atoms with Gasteiger partial charge in [-0.05, 0) is 0 Å². The van der Waals surface area contributed by atoms with Gasteiger partial charge >= 0.3 is 161 Å². The predicted molar refractivity (Wildman–Crippen MR) is 104 cm³/mol. The van der Waals surface area contributed by atoms with Crippen LogP contribution in [-0.2, 0) is 0 Å². The molecule has 130 valence electrons. The summed E-state index contributed by atoms with van der Waals surface area (Å²) in [5.41, 5.74) is 0. The molecule has 0 aromatic rings. The van der Waals surface area contributed by atoms with Crippen LogP contribution in [0.15, 0.2) is 24.3 Å². The standard InChI is InChI=1S/C18H24Cl4Se/c19-15-9-11-3-1-5-13(7-11)17(15)23(21,22)18-14-6-2-4-12(8-14)10-16(18)20/h1-4,11-18H,5-10H2. The van der Waals surface area contributed by atoms with Crippen LogP contribution in [0.3, 0.4) is 0 Å². The summed E-state index contributed by atoms with van der Waals surface area (Å²) in [5.74, 6) is 2.40. The van der Waals surface area contributed by atoms with Crippen LogP contribution in [0.5, 0.6) is 0 Å². The van der Waals surface area contributed by atoms with Gasteiger partial charge in [-0.25, -0.2) is 0 Å². The van der Waals surface area contributed by atoms with E-state index < -0.39 is 11.0 Å². The van der Waals surface area contributed by atoms with E-state index in [0.29, 0.717) is 33.3 Å². The number of fused-ring (bicyclic) bond motifs is 4. The monoisotopic (exact) mass is 460 g/mol. The maximum atomic E-state index is 7.28. The quantitative estimate of drug-likeness (QED) is 0.240. The summed E-state index contributed by atoms with van der Waals surface area (Å²) in [6, 6.07) is 0. The molecule has 4 aliphatic rings. The zero-order valence-corrected chi connectivity index (χ0v) is 17.8. The van der Waals surface area contributed by atoms with Gasteiger partial charge < -0.3 is 0 Å². The van der Waals surface area contributed by atoms with Gasteiger partial charge in [-0.15, -0.1) is 0 Å². The average molecular weight is 461 g/mol. The molecule has 2 saturated carbocycles. The molecule has 4 rings (SSSR count). The van der Waals surface area contributed by atoms with E-state index in [1.54, 1.807) is 0 Å². The molecule has 8 atom stereocenters. The van der Waals surface area contributed by atoms with Gasteiger partial charge in [0.25, 0.3) is 0 Å². The van der Waals surface area contributed by atoms with Crippen molar-refractivity contribution in [3.05, 3.63) is 24.3 Å². The molecule has 5 heteroatoms. The third kappa shape index (κ3) is 3.17. The minimum atomic E-state index is -2.79. The van der Waals surface area contributed by atoms with Crippen molar-refractivity contribution >= 4 is 54.4 Å². The number of allylic oxidation sites excluding steroid dienone is 4. The van der Waals surface area contributed by atoms with Crippen LogP contribution in [0.25, 0.3) is 0 Å². The second-order valence-corrected chi connectivity index (χ2v) is 19.7. The fourth-order valence-electron chi connectivity index (χ4n) is 5.43. The van der Waals surface area contributed by atoms with E-state index in [9.17, 15) is 0 Å². The Balaban J connectivity index is 1.63. The van der Waals surface area contributed by atoms with Crippen molar-refractivity contribution in [3.63, 3.8) is 0 Å². The van der Waals surface area contributed by atoms with Crippen molar-refractivity contribution in [3.8, 4) is 0 Å². The van der Waals surface area contributed by atoms with Crippen LogP contribution in [0, 0.1) is 23.7 Å².